The third kappa shape index (κ3) is 4.54. The molecule has 8 nitrogen and oxygen atoms in total. The van der Waals surface area contributed by atoms with Gasteiger partial charge in [0.2, 0.25) is 0 Å². The molecule has 4 aromatic rings. The molecule has 152 valence electrons. The lowest BCUT2D eigenvalue weighted by atomic mass is 10.2. The van der Waals surface area contributed by atoms with E-state index in [0.717, 1.165) is 11.3 Å². The molecule has 2 aromatic carbocycles. The molecule has 0 aliphatic heterocycles. The molecule has 0 saturated heterocycles. The first-order valence-corrected chi connectivity index (χ1v) is 9.64. The standard InChI is InChI=1S/C22H22N6O2/c1-30-18-9-7-16(8-10-18)15-24-19-11-12-20-25-26-21(28(20)27-19)13-14-23-22(29)17-5-3-2-4-6-17/h2-12H,13-15H2,1H3,(H,23,29)(H,24,27). The number of carbonyl (C=O) groups excluding carboxylic acids is 1. The van der Waals surface area contributed by atoms with Gasteiger partial charge in [-0.2, -0.15) is 4.52 Å². The molecule has 0 bridgehead atoms. The molecule has 30 heavy (non-hydrogen) atoms. The number of aromatic nitrogens is 4. The van der Waals surface area contributed by atoms with Crippen molar-refractivity contribution in [2.75, 3.05) is 19.0 Å². The number of fused-ring (bicyclic) bond motifs is 1. The third-order valence-electron chi connectivity index (χ3n) is 4.63. The van der Waals surface area contributed by atoms with Crippen molar-refractivity contribution < 1.29 is 9.53 Å². The van der Waals surface area contributed by atoms with Gasteiger partial charge in [0.1, 0.15) is 11.6 Å². The van der Waals surface area contributed by atoms with Crippen LogP contribution in [-0.2, 0) is 13.0 Å². The van der Waals surface area contributed by atoms with Gasteiger partial charge in [-0.3, -0.25) is 4.79 Å². The maximum absolute atomic E-state index is 12.2. The van der Waals surface area contributed by atoms with Gasteiger partial charge in [-0.05, 0) is 42.0 Å². The maximum atomic E-state index is 12.2. The van der Waals surface area contributed by atoms with Gasteiger partial charge in [0.05, 0.1) is 7.11 Å². The van der Waals surface area contributed by atoms with Crippen molar-refractivity contribution in [2.45, 2.75) is 13.0 Å². The molecule has 8 heteroatoms. The van der Waals surface area contributed by atoms with E-state index in [1.165, 1.54) is 0 Å². The van der Waals surface area contributed by atoms with Crippen molar-refractivity contribution in [3.63, 3.8) is 0 Å². The SMILES string of the molecule is COc1ccc(CNc2ccc3nnc(CCNC(=O)c4ccccc4)n3n2)cc1. The fraction of sp³-hybridized carbons (Fsp3) is 0.182. The van der Waals surface area contributed by atoms with E-state index < -0.39 is 0 Å². The van der Waals surface area contributed by atoms with Gasteiger partial charge in [-0.1, -0.05) is 30.3 Å². The van der Waals surface area contributed by atoms with Crippen LogP contribution in [0.2, 0.25) is 0 Å². The molecule has 0 atom stereocenters. The second-order valence-electron chi connectivity index (χ2n) is 6.68. The normalized spacial score (nSPS) is 10.7. The highest BCUT2D eigenvalue weighted by molar-refractivity contribution is 5.94. The highest BCUT2D eigenvalue weighted by Gasteiger charge is 2.09. The van der Waals surface area contributed by atoms with Crippen LogP contribution in [0, 0.1) is 0 Å². The van der Waals surface area contributed by atoms with Gasteiger partial charge in [-0.25, -0.2) is 0 Å². The average molecular weight is 402 g/mol. The fourth-order valence-corrected chi connectivity index (χ4v) is 3.00. The van der Waals surface area contributed by atoms with Crippen LogP contribution in [0.3, 0.4) is 0 Å². The number of benzene rings is 2. The number of hydrogen-bond donors (Lipinski definition) is 2. The van der Waals surface area contributed by atoms with Crippen LogP contribution in [-0.4, -0.2) is 39.4 Å². The van der Waals surface area contributed by atoms with Crippen molar-refractivity contribution in [2.24, 2.45) is 0 Å². The summed E-state index contributed by atoms with van der Waals surface area (Å²) in [6.07, 6.45) is 0.522. The number of anilines is 1. The topological polar surface area (TPSA) is 93.4 Å². The van der Waals surface area contributed by atoms with Gasteiger partial charge >= 0.3 is 0 Å². The summed E-state index contributed by atoms with van der Waals surface area (Å²) in [4.78, 5) is 12.2. The van der Waals surface area contributed by atoms with Crippen LogP contribution in [0.15, 0.2) is 66.7 Å². The monoisotopic (exact) mass is 402 g/mol. The Morgan fingerprint density at radius 2 is 1.80 bits per heavy atom. The van der Waals surface area contributed by atoms with Crippen molar-refractivity contribution >= 4 is 17.4 Å². The predicted molar refractivity (Wildman–Crippen MR) is 114 cm³/mol. The largest absolute Gasteiger partial charge is 0.497 e. The van der Waals surface area contributed by atoms with E-state index in [2.05, 4.69) is 25.9 Å². The second kappa shape index (κ2) is 9.04. The Hall–Kier alpha value is -3.94. The molecule has 2 aromatic heterocycles. The molecular weight excluding hydrogens is 380 g/mol. The first kappa shape index (κ1) is 19.4. The quantitative estimate of drug-likeness (QED) is 0.471. The first-order valence-electron chi connectivity index (χ1n) is 9.64. The summed E-state index contributed by atoms with van der Waals surface area (Å²) in [5.74, 6) is 2.12. The van der Waals surface area contributed by atoms with Gasteiger partial charge in [0.15, 0.2) is 11.5 Å². The van der Waals surface area contributed by atoms with E-state index in [4.69, 9.17) is 4.74 Å². The number of ether oxygens (including phenoxy) is 1. The molecule has 2 N–H and O–H groups in total. The molecule has 0 radical (unpaired) electrons. The summed E-state index contributed by atoms with van der Waals surface area (Å²) >= 11 is 0. The van der Waals surface area contributed by atoms with E-state index in [9.17, 15) is 4.79 Å². The molecular formula is C22H22N6O2. The number of methoxy groups -OCH3 is 1. The average Bonchev–Trinajstić information content (AvgIpc) is 3.21. The Kier molecular flexibility index (Phi) is 5.84. The van der Waals surface area contributed by atoms with Crippen LogP contribution < -0.4 is 15.4 Å². The van der Waals surface area contributed by atoms with E-state index >= 15 is 0 Å². The van der Waals surface area contributed by atoms with E-state index in [1.807, 2.05) is 54.6 Å². The summed E-state index contributed by atoms with van der Waals surface area (Å²) in [7, 11) is 1.65. The van der Waals surface area contributed by atoms with E-state index in [-0.39, 0.29) is 5.91 Å². The Labute approximate surface area is 173 Å². The summed E-state index contributed by atoms with van der Waals surface area (Å²) in [5, 5.41) is 19.1. The summed E-state index contributed by atoms with van der Waals surface area (Å²) in [5.41, 5.74) is 2.41. The van der Waals surface area contributed by atoms with Crippen molar-refractivity contribution in [1.82, 2.24) is 25.1 Å². The van der Waals surface area contributed by atoms with Gasteiger partial charge in [-0.15, -0.1) is 15.3 Å². The number of amides is 1. The number of carbonyl (C=O) groups is 1. The van der Waals surface area contributed by atoms with Crippen LogP contribution in [0.1, 0.15) is 21.7 Å². The lowest BCUT2D eigenvalue weighted by Gasteiger charge is -2.08. The zero-order valence-corrected chi connectivity index (χ0v) is 16.6. The minimum Gasteiger partial charge on any atom is -0.497 e. The van der Waals surface area contributed by atoms with Gasteiger partial charge in [0, 0.05) is 25.1 Å². The predicted octanol–water partition coefficient (Wildman–Crippen LogP) is 2.72. The smallest absolute Gasteiger partial charge is 0.251 e. The summed E-state index contributed by atoms with van der Waals surface area (Å²) in [6, 6.07) is 20.7. The molecule has 2 heterocycles. The first-order chi connectivity index (χ1) is 14.7. The van der Waals surface area contributed by atoms with Crippen LogP contribution in [0.5, 0.6) is 5.75 Å². The Bertz CT molecular complexity index is 1130. The second-order valence-corrected chi connectivity index (χ2v) is 6.68. The molecule has 1 amide bonds. The summed E-state index contributed by atoms with van der Waals surface area (Å²) in [6.45, 7) is 1.08. The summed E-state index contributed by atoms with van der Waals surface area (Å²) < 4.78 is 6.88. The zero-order valence-electron chi connectivity index (χ0n) is 16.6. The van der Waals surface area contributed by atoms with Gasteiger partial charge in [0.25, 0.3) is 5.91 Å². The van der Waals surface area contributed by atoms with E-state index in [0.29, 0.717) is 42.4 Å². The Morgan fingerprint density at radius 3 is 2.57 bits per heavy atom. The highest BCUT2D eigenvalue weighted by atomic mass is 16.5. The minimum atomic E-state index is -0.112. The highest BCUT2D eigenvalue weighted by Crippen LogP contribution is 2.13. The molecule has 0 aliphatic rings. The van der Waals surface area contributed by atoms with Crippen LogP contribution in [0.4, 0.5) is 5.82 Å². The molecule has 0 aliphatic carbocycles. The van der Waals surface area contributed by atoms with E-state index in [1.54, 1.807) is 23.8 Å². The van der Waals surface area contributed by atoms with Crippen molar-refractivity contribution in [3.8, 4) is 5.75 Å². The van der Waals surface area contributed by atoms with Crippen molar-refractivity contribution in [1.29, 1.82) is 0 Å². The zero-order chi connectivity index (χ0) is 20.8. The van der Waals surface area contributed by atoms with Crippen LogP contribution >= 0.6 is 0 Å². The number of rotatable bonds is 8. The third-order valence-corrected chi connectivity index (χ3v) is 4.63. The van der Waals surface area contributed by atoms with Crippen LogP contribution in [0.25, 0.3) is 5.65 Å². The Morgan fingerprint density at radius 1 is 1.00 bits per heavy atom. The maximum Gasteiger partial charge on any atom is 0.251 e. The minimum absolute atomic E-state index is 0.112. The number of nitrogens with zero attached hydrogens (tertiary/aromatic N) is 4. The number of nitrogens with one attached hydrogen (secondary N) is 2. The van der Waals surface area contributed by atoms with Gasteiger partial charge < -0.3 is 15.4 Å². The Balaban J connectivity index is 1.38. The molecule has 0 spiro atoms. The lowest BCUT2D eigenvalue weighted by molar-refractivity contribution is 0.0954. The molecule has 0 fully saturated rings. The molecule has 0 saturated carbocycles. The fourth-order valence-electron chi connectivity index (χ4n) is 3.00. The van der Waals surface area contributed by atoms with Crippen molar-refractivity contribution in [3.05, 3.63) is 83.7 Å². The number of hydrogen-bond acceptors (Lipinski definition) is 6. The molecule has 0 unspecified atom stereocenters. The lowest BCUT2D eigenvalue weighted by Crippen LogP contribution is -2.26. The molecule has 4 rings (SSSR count).